The van der Waals surface area contributed by atoms with Gasteiger partial charge < -0.3 is 40.1 Å². The Morgan fingerprint density at radius 2 is 2.04 bits per heavy atom. The molecule has 5 atom stereocenters. The third-order valence-electron chi connectivity index (χ3n) is 4.28. The molecule has 1 aliphatic heterocycles. The molecule has 0 spiro atoms. The number of rotatable bonds is 4. The van der Waals surface area contributed by atoms with Crippen molar-refractivity contribution in [3.63, 3.8) is 0 Å². The molecule has 3 rings (SSSR count). The maximum Gasteiger partial charge on any atom is 0.147 e. The summed E-state index contributed by atoms with van der Waals surface area (Å²) in [6, 6.07) is 5.39. The van der Waals surface area contributed by atoms with Crippen LogP contribution in [0, 0.1) is 0 Å². The van der Waals surface area contributed by atoms with Gasteiger partial charge in [-0.05, 0) is 12.1 Å². The van der Waals surface area contributed by atoms with E-state index in [4.69, 9.17) is 9.47 Å². The van der Waals surface area contributed by atoms with Gasteiger partial charge in [-0.2, -0.15) is 0 Å². The first kappa shape index (κ1) is 19.0. The van der Waals surface area contributed by atoms with Crippen molar-refractivity contribution < 1.29 is 35.1 Å². The van der Waals surface area contributed by atoms with Gasteiger partial charge >= 0.3 is 0 Å². The molecular weight excluding hydrogens is 364 g/mol. The number of benzene rings is 1. The number of aliphatic hydroxyl groups is 4. The lowest BCUT2D eigenvalue weighted by Crippen LogP contribution is -2.57. The third kappa shape index (κ3) is 3.27. The number of H-pyrrole nitrogens is 1. The molecule has 10 heteroatoms. The second-order valence-electron chi connectivity index (χ2n) is 5.81. The van der Waals surface area contributed by atoms with Gasteiger partial charge in [0.05, 0.1) is 19.1 Å². The van der Waals surface area contributed by atoms with Gasteiger partial charge in [0.2, 0.25) is 0 Å². The number of aromatic nitrogens is 1. The summed E-state index contributed by atoms with van der Waals surface area (Å²) in [5, 5.41) is 52.8. The summed E-state index contributed by atoms with van der Waals surface area (Å²) >= 11 is 0.860. The SMILES string of the molecule is COc1cccc2[nH]cc(/C(=N\O)S[C@@H]3O[C@H](CO)[C@@H](O)[C@H](O)[C@H]3O)c12. The van der Waals surface area contributed by atoms with Crippen molar-refractivity contribution in [2.75, 3.05) is 13.7 Å². The summed E-state index contributed by atoms with van der Waals surface area (Å²) in [6.07, 6.45) is -3.81. The molecule has 1 saturated heterocycles. The summed E-state index contributed by atoms with van der Waals surface area (Å²) in [5.41, 5.74) is 0.216. The van der Waals surface area contributed by atoms with Gasteiger partial charge in [-0.3, -0.25) is 0 Å². The Kier molecular flexibility index (Phi) is 5.70. The zero-order valence-electron chi connectivity index (χ0n) is 13.8. The van der Waals surface area contributed by atoms with E-state index >= 15 is 0 Å². The number of hydrogen-bond donors (Lipinski definition) is 6. The predicted octanol–water partition coefficient (Wildman–Crippen LogP) is -0.155. The maximum atomic E-state index is 10.2. The molecule has 1 aromatic heterocycles. The van der Waals surface area contributed by atoms with Crippen LogP contribution in [0.3, 0.4) is 0 Å². The summed E-state index contributed by atoms with van der Waals surface area (Å²) in [6.45, 7) is -0.533. The van der Waals surface area contributed by atoms with Gasteiger partial charge in [-0.1, -0.05) is 23.0 Å². The van der Waals surface area contributed by atoms with Gasteiger partial charge in [-0.15, -0.1) is 0 Å². The van der Waals surface area contributed by atoms with Crippen molar-refractivity contribution in [1.82, 2.24) is 4.98 Å². The standard InChI is InChI=1S/C16H20N2O7S/c1-24-9-4-2-3-8-11(9)7(5-17-8)15(18-23)26-16-14(22)13(21)12(20)10(6-19)25-16/h2-5,10,12-14,16-17,19-23H,6H2,1H3/b18-15+/t10-,12-,13+,14-,16+/m1/s1. The number of aromatic amines is 1. The van der Waals surface area contributed by atoms with E-state index in [2.05, 4.69) is 10.1 Å². The molecule has 0 unspecified atom stereocenters. The van der Waals surface area contributed by atoms with Gasteiger partial charge in [0, 0.05) is 17.3 Å². The molecule has 0 bridgehead atoms. The largest absolute Gasteiger partial charge is 0.496 e. The van der Waals surface area contributed by atoms with Gasteiger partial charge in [0.1, 0.15) is 40.6 Å². The lowest BCUT2D eigenvalue weighted by atomic mass is 10.0. The molecule has 2 aromatic rings. The van der Waals surface area contributed by atoms with Crippen LogP contribution in [-0.4, -0.2) is 79.2 Å². The summed E-state index contributed by atoms with van der Waals surface area (Å²) in [7, 11) is 1.52. The molecule has 0 amide bonds. The van der Waals surface area contributed by atoms with Crippen LogP contribution >= 0.6 is 11.8 Å². The number of thioether (sulfide) groups is 1. The van der Waals surface area contributed by atoms with Crippen LogP contribution in [0.1, 0.15) is 5.56 Å². The summed E-state index contributed by atoms with van der Waals surface area (Å²) < 4.78 is 10.8. The summed E-state index contributed by atoms with van der Waals surface area (Å²) in [4.78, 5) is 3.04. The number of fused-ring (bicyclic) bond motifs is 1. The lowest BCUT2D eigenvalue weighted by molar-refractivity contribution is -0.205. The minimum Gasteiger partial charge on any atom is -0.496 e. The van der Waals surface area contributed by atoms with E-state index in [9.17, 15) is 25.6 Å². The Bertz CT molecular complexity index is 794. The highest BCUT2D eigenvalue weighted by atomic mass is 32.2. The highest BCUT2D eigenvalue weighted by Gasteiger charge is 2.44. The van der Waals surface area contributed by atoms with Gasteiger partial charge in [0.15, 0.2) is 0 Å². The number of nitrogens with zero attached hydrogens (tertiary/aromatic N) is 1. The highest BCUT2D eigenvalue weighted by molar-refractivity contribution is 8.14. The van der Waals surface area contributed by atoms with E-state index in [-0.39, 0.29) is 5.04 Å². The first-order valence-electron chi connectivity index (χ1n) is 7.85. The first-order valence-corrected chi connectivity index (χ1v) is 8.73. The number of oxime groups is 1. The van der Waals surface area contributed by atoms with Crippen molar-refractivity contribution in [2.24, 2.45) is 5.16 Å². The van der Waals surface area contributed by atoms with Crippen LogP contribution in [0.4, 0.5) is 0 Å². The molecule has 1 aliphatic rings. The molecule has 2 heterocycles. The Labute approximate surface area is 152 Å². The molecule has 6 N–H and O–H groups in total. The minimum absolute atomic E-state index is 0.116. The number of ether oxygens (including phenoxy) is 2. The van der Waals surface area contributed by atoms with Gasteiger partial charge in [-0.25, -0.2) is 0 Å². The average molecular weight is 384 g/mol. The Morgan fingerprint density at radius 1 is 1.27 bits per heavy atom. The van der Waals surface area contributed by atoms with E-state index in [1.807, 2.05) is 12.1 Å². The molecule has 1 aromatic carbocycles. The Balaban J connectivity index is 1.91. The minimum atomic E-state index is -1.50. The zero-order valence-corrected chi connectivity index (χ0v) is 14.6. The van der Waals surface area contributed by atoms with Crippen LogP contribution in [0.25, 0.3) is 10.9 Å². The second kappa shape index (κ2) is 7.82. The molecule has 0 aliphatic carbocycles. The van der Waals surface area contributed by atoms with Crippen LogP contribution in [0.15, 0.2) is 29.6 Å². The van der Waals surface area contributed by atoms with Crippen LogP contribution in [-0.2, 0) is 4.74 Å². The van der Waals surface area contributed by atoms with Crippen molar-refractivity contribution >= 4 is 27.7 Å². The molecular formula is C16H20N2O7S. The monoisotopic (exact) mass is 384 g/mol. The third-order valence-corrected chi connectivity index (χ3v) is 5.43. The average Bonchev–Trinajstić information content (AvgIpc) is 3.10. The van der Waals surface area contributed by atoms with E-state index in [0.717, 1.165) is 17.3 Å². The van der Waals surface area contributed by atoms with Crippen molar-refractivity contribution in [2.45, 2.75) is 29.9 Å². The highest BCUT2D eigenvalue weighted by Crippen LogP contribution is 2.35. The fourth-order valence-corrected chi connectivity index (χ4v) is 3.96. The van der Waals surface area contributed by atoms with Crippen molar-refractivity contribution in [3.05, 3.63) is 30.0 Å². The second-order valence-corrected chi connectivity index (χ2v) is 6.89. The van der Waals surface area contributed by atoms with Crippen LogP contribution < -0.4 is 4.74 Å². The van der Waals surface area contributed by atoms with Crippen LogP contribution in [0.5, 0.6) is 5.75 Å². The summed E-state index contributed by atoms with van der Waals surface area (Å²) in [5.74, 6) is 0.564. The molecule has 0 radical (unpaired) electrons. The van der Waals surface area contributed by atoms with Crippen molar-refractivity contribution in [3.8, 4) is 5.75 Å². The Morgan fingerprint density at radius 3 is 2.69 bits per heavy atom. The van der Waals surface area contributed by atoms with E-state index < -0.39 is 36.5 Å². The zero-order chi connectivity index (χ0) is 18.8. The van der Waals surface area contributed by atoms with Crippen molar-refractivity contribution in [1.29, 1.82) is 0 Å². The first-order chi connectivity index (χ1) is 12.5. The number of hydrogen-bond acceptors (Lipinski definition) is 9. The van der Waals surface area contributed by atoms with Crippen LogP contribution in [0.2, 0.25) is 0 Å². The number of aliphatic hydroxyl groups excluding tert-OH is 4. The Hall–Kier alpha value is -1.82. The molecule has 142 valence electrons. The molecule has 9 nitrogen and oxygen atoms in total. The number of nitrogens with one attached hydrogen (secondary N) is 1. The normalized spacial score (nSPS) is 29.9. The quantitative estimate of drug-likeness (QED) is 0.184. The fraction of sp³-hybridized carbons (Fsp3) is 0.438. The lowest BCUT2D eigenvalue weighted by Gasteiger charge is -2.39. The van der Waals surface area contributed by atoms with Gasteiger partial charge in [0.25, 0.3) is 0 Å². The smallest absolute Gasteiger partial charge is 0.147 e. The molecule has 0 saturated carbocycles. The predicted molar refractivity (Wildman–Crippen MR) is 94.5 cm³/mol. The topological polar surface area (TPSA) is 148 Å². The van der Waals surface area contributed by atoms with E-state index in [1.165, 1.54) is 7.11 Å². The van der Waals surface area contributed by atoms with E-state index in [1.54, 1.807) is 12.3 Å². The number of methoxy groups -OCH3 is 1. The fourth-order valence-electron chi connectivity index (χ4n) is 2.91. The molecule has 1 fully saturated rings. The van der Waals surface area contributed by atoms with E-state index in [0.29, 0.717) is 16.7 Å². The maximum absolute atomic E-state index is 10.2. The molecule has 26 heavy (non-hydrogen) atoms.